The number of carbonyl (C=O) groups excluding carboxylic acids is 1. The quantitative estimate of drug-likeness (QED) is 0.281. The number of benzene rings is 3. The van der Waals surface area contributed by atoms with Crippen LogP contribution in [0.25, 0.3) is 10.2 Å². The molecular formula is C22H16ClIN2OS. The normalized spacial score (nSPS) is 11.0. The van der Waals surface area contributed by atoms with Crippen molar-refractivity contribution in [3.63, 3.8) is 0 Å². The highest BCUT2D eigenvalue weighted by Crippen LogP contribution is 2.36. The molecule has 0 N–H and O–H groups in total. The summed E-state index contributed by atoms with van der Waals surface area (Å²) in [6.07, 6.45) is 0. The third-order valence-electron chi connectivity index (χ3n) is 4.45. The fourth-order valence-electron chi connectivity index (χ4n) is 2.98. The number of halogens is 2. The highest BCUT2D eigenvalue weighted by molar-refractivity contribution is 14.1. The van der Waals surface area contributed by atoms with Crippen LogP contribution >= 0.6 is 45.5 Å². The molecule has 1 aromatic heterocycles. The molecule has 28 heavy (non-hydrogen) atoms. The summed E-state index contributed by atoms with van der Waals surface area (Å²) >= 11 is 10.0. The summed E-state index contributed by atoms with van der Waals surface area (Å²) in [4.78, 5) is 20.0. The van der Waals surface area contributed by atoms with Crippen molar-refractivity contribution in [3.05, 3.63) is 92.0 Å². The Morgan fingerprint density at radius 2 is 1.79 bits per heavy atom. The zero-order valence-corrected chi connectivity index (χ0v) is 18.8. The molecule has 0 aliphatic carbocycles. The second-order valence-electron chi connectivity index (χ2n) is 6.40. The molecule has 3 aromatic carbocycles. The van der Waals surface area contributed by atoms with Crippen molar-refractivity contribution in [1.29, 1.82) is 0 Å². The number of fused-ring (bicyclic) bond motifs is 1. The van der Waals surface area contributed by atoms with Gasteiger partial charge in [0.05, 0.1) is 27.3 Å². The molecule has 0 spiro atoms. The van der Waals surface area contributed by atoms with Crippen LogP contribution in [0.1, 0.15) is 21.5 Å². The first-order chi connectivity index (χ1) is 13.5. The first-order valence-electron chi connectivity index (χ1n) is 8.70. The topological polar surface area (TPSA) is 33.2 Å². The average molecular weight is 519 g/mol. The van der Waals surface area contributed by atoms with Crippen molar-refractivity contribution < 1.29 is 4.79 Å². The van der Waals surface area contributed by atoms with Crippen molar-refractivity contribution >= 4 is 66.8 Å². The average Bonchev–Trinajstić information content (AvgIpc) is 3.16. The molecule has 0 atom stereocenters. The van der Waals surface area contributed by atoms with Crippen LogP contribution in [0.15, 0.2) is 66.7 Å². The number of anilines is 1. The van der Waals surface area contributed by atoms with Crippen LogP contribution in [-0.4, -0.2) is 10.9 Å². The van der Waals surface area contributed by atoms with Crippen molar-refractivity contribution in [1.82, 2.24) is 4.98 Å². The highest BCUT2D eigenvalue weighted by Gasteiger charge is 2.24. The number of hydrogen-bond donors (Lipinski definition) is 0. The van der Waals surface area contributed by atoms with Gasteiger partial charge in [-0.15, -0.1) is 0 Å². The molecule has 4 aromatic rings. The van der Waals surface area contributed by atoms with Crippen molar-refractivity contribution in [2.45, 2.75) is 13.5 Å². The maximum absolute atomic E-state index is 13.5. The van der Waals surface area contributed by atoms with Crippen LogP contribution in [-0.2, 0) is 6.54 Å². The summed E-state index contributed by atoms with van der Waals surface area (Å²) in [5, 5.41) is 1.31. The zero-order valence-electron chi connectivity index (χ0n) is 15.0. The molecule has 0 saturated heterocycles. The van der Waals surface area contributed by atoms with E-state index < -0.39 is 0 Å². The van der Waals surface area contributed by atoms with E-state index in [9.17, 15) is 4.79 Å². The predicted octanol–water partition coefficient (Wildman–Crippen LogP) is 6.71. The predicted molar refractivity (Wildman–Crippen MR) is 125 cm³/mol. The molecule has 3 nitrogen and oxygen atoms in total. The maximum Gasteiger partial charge on any atom is 0.261 e. The number of carbonyl (C=O) groups is 1. The smallest absolute Gasteiger partial charge is 0.261 e. The Morgan fingerprint density at radius 1 is 1.07 bits per heavy atom. The van der Waals surface area contributed by atoms with Gasteiger partial charge < -0.3 is 0 Å². The molecule has 0 radical (unpaired) electrons. The number of aryl methyl sites for hydroxylation is 1. The maximum atomic E-state index is 13.5. The van der Waals surface area contributed by atoms with E-state index in [2.05, 4.69) is 22.6 Å². The van der Waals surface area contributed by atoms with Crippen LogP contribution < -0.4 is 4.90 Å². The molecule has 0 bridgehead atoms. The van der Waals surface area contributed by atoms with Crippen molar-refractivity contribution in [2.75, 3.05) is 4.90 Å². The highest BCUT2D eigenvalue weighted by atomic mass is 127. The lowest BCUT2D eigenvalue weighted by Gasteiger charge is -2.20. The van der Waals surface area contributed by atoms with Gasteiger partial charge in [-0.2, -0.15) is 0 Å². The molecule has 0 aliphatic rings. The summed E-state index contributed by atoms with van der Waals surface area (Å²) in [5.74, 6) is -0.0679. The summed E-state index contributed by atoms with van der Waals surface area (Å²) < 4.78 is 1.82. The van der Waals surface area contributed by atoms with E-state index in [4.69, 9.17) is 16.6 Å². The minimum Gasteiger partial charge on any atom is -0.279 e. The Bertz CT molecular complexity index is 1120. The zero-order chi connectivity index (χ0) is 19.7. The van der Waals surface area contributed by atoms with Gasteiger partial charge in [0.25, 0.3) is 5.91 Å². The van der Waals surface area contributed by atoms with Gasteiger partial charge in [-0.25, -0.2) is 4.98 Å². The summed E-state index contributed by atoms with van der Waals surface area (Å²) in [6.45, 7) is 2.45. The third-order valence-corrected chi connectivity index (χ3v) is 6.93. The van der Waals surface area contributed by atoms with Gasteiger partial charge in [0, 0.05) is 3.57 Å². The van der Waals surface area contributed by atoms with E-state index in [0.29, 0.717) is 22.3 Å². The lowest BCUT2D eigenvalue weighted by molar-refractivity contribution is 0.0984. The van der Waals surface area contributed by atoms with E-state index >= 15 is 0 Å². The molecule has 4 rings (SSSR count). The fraction of sp³-hybridized carbons (Fsp3) is 0.0909. The van der Waals surface area contributed by atoms with E-state index in [1.165, 1.54) is 11.3 Å². The van der Waals surface area contributed by atoms with Crippen molar-refractivity contribution in [3.8, 4) is 0 Å². The molecule has 6 heteroatoms. The first kappa shape index (κ1) is 19.4. The Morgan fingerprint density at radius 3 is 2.50 bits per heavy atom. The molecule has 0 aliphatic heterocycles. The van der Waals surface area contributed by atoms with E-state index in [0.717, 1.165) is 24.9 Å². The van der Waals surface area contributed by atoms with Gasteiger partial charge >= 0.3 is 0 Å². The Labute approximate surface area is 186 Å². The van der Waals surface area contributed by atoms with Crippen molar-refractivity contribution in [2.24, 2.45) is 0 Å². The Kier molecular flexibility index (Phi) is 5.66. The largest absolute Gasteiger partial charge is 0.279 e. The van der Waals surface area contributed by atoms with Gasteiger partial charge in [0.15, 0.2) is 5.13 Å². The second-order valence-corrected chi connectivity index (χ2v) is 8.94. The van der Waals surface area contributed by atoms with Gasteiger partial charge in [0.1, 0.15) is 0 Å². The third kappa shape index (κ3) is 3.79. The van der Waals surface area contributed by atoms with E-state index in [1.54, 1.807) is 4.90 Å². The molecular weight excluding hydrogens is 503 g/mol. The lowest BCUT2D eigenvalue weighted by Crippen LogP contribution is -2.30. The van der Waals surface area contributed by atoms with E-state index in [1.807, 2.05) is 73.7 Å². The van der Waals surface area contributed by atoms with Crippen LogP contribution in [0.4, 0.5) is 5.13 Å². The minimum absolute atomic E-state index is 0.0679. The second kappa shape index (κ2) is 8.19. The Hall–Kier alpha value is -1.96. The lowest BCUT2D eigenvalue weighted by atomic mass is 10.1. The number of thiazole rings is 1. The van der Waals surface area contributed by atoms with Gasteiger partial charge in [-0.05, 0) is 58.8 Å². The minimum atomic E-state index is -0.0679. The SMILES string of the molecule is Cc1ccc(Cl)c2sc(N(Cc3ccccc3)C(=O)c3ccccc3I)nc12. The molecule has 140 valence electrons. The monoisotopic (exact) mass is 518 g/mol. The summed E-state index contributed by atoms with van der Waals surface area (Å²) in [7, 11) is 0. The standard InChI is InChI=1S/C22H16ClIN2OS/c1-14-11-12-17(23)20-19(14)25-22(28-20)26(13-15-7-3-2-4-8-15)21(27)16-9-5-6-10-18(16)24/h2-12H,13H2,1H3. The molecule has 0 unspecified atom stereocenters. The van der Waals surface area contributed by atoms with Crippen LogP contribution in [0.2, 0.25) is 5.02 Å². The van der Waals surface area contributed by atoms with Gasteiger partial charge in [-0.3, -0.25) is 9.69 Å². The molecule has 0 fully saturated rings. The molecule has 1 amide bonds. The Balaban J connectivity index is 1.83. The van der Waals surface area contributed by atoms with Crippen LogP contribution in [0, 0.1) is 10.5 Å². The first-order valence-corrected chi connectivity index (χ1v) is 11.0. The van der Waals surface area contributed by atoms with Crippen LogP contribution in [0.5, 0.6) is 0 Å². The van der Waals surface area contributed by atoms with Crippen LogP contribution in [0.3, 0.4) is 0 Å². The molecule has 1 heterocycles. The summed E-state index contributed by atoms with van der Waals surface area (Å²) in [5.41, 5.74) is 3.61. The van der Waals surface area contributed by atoms with Gasteiger partial charge in [0.2, 0.25) is 0 Å². The number of aromatic nitrogens is 1. The number of amides is 1. The number of nitrogens with zero attached hydrogens (tertiary/aromatic N) is 2. The van der Waals surface area contributed by atoms with Gasteiger partial charge in [-0.1, -0.05) is 71.5 Å². The summed E-state index contributed by atoms with van der Waals surface area (Å²) in [6, 6.07) is 21.4. The molecule has 0 saturated carbocycles. The fourth-order valence-corrected chi connectivity index (χ4v) is 4.91. The van der Waals surface area contributed by atoms with E-state index in [-0.39, 0.29) is 5.91 Å². The number of hydrogen-bond acceptors (Lipinski definition) is 3. The number of rotatable bonds is 4.